The summed E-state index contributed by atoms with van der Waals surface area (Å²) in [5, 5.41) is 9.79. The summed E-state index contributed by atoms with van der Waals surface area (Å²) in [7, 11) is 0. The van der Waals surface area contributed by atoms with E-state index in [4.69, 9.17) is 0 Å². The van der Waals surface area contributed by atoms with E-state index in [2.05, 4.69) is 15.0 Å². The van der Waals surface area contributed by atoms with Crippen molar-refractivity contribution >= 4 is 0 Å². The molecule has 1 aromatic rings. The van der Waals surface area contributed by atoms with Crippen molar-refractivity contribution in [2.45, 2.75) is 0 Å². The zero-order valence-electron chi connectivity index (χ0n) is 9.19. The predicted molar refractivity (Wildman–Crippen MR) is 63.3 cm³/mol. The van der Waals surface area contributed by atoms with E-state index in [1.54, 1.807) is 0 Å². The molecule has 1 N–H and O–H groups in total. The summed E-state index contributed by atoms with van der Waals surface area (Å²) in [6, 6.07) is 9.25. The maximum Gasteiger partial charge on any atom is 0.301 e. The molecule has 18 heavy (non-hydrogen) atoms. The summed E-state index contributed by atoms with van der Waals surface area (Å²) >= 11 is 0. The Kier molecular flexibility index (Phi) is 2.26. The molecule has 0 aromatic heterocycles. The number of benzene rings is 1. The molecule has 6 nitrogen and oxygen atoms in total. The molecule has 6 heteroatoms. The molecule has 0 atom stereocenters. The van der Waals surface area contributed by atoms with Crippen LogP contribution in [0.5, 0.6) is 0 Å². The second kappa shape index (κ2) is 3.92. The Morgan fingerprint density at radius 2 is 1.89 bits per heavy atom. The number of nitrogens with zero attached hydrogens (tertiary/aromatic N) is 4. The molecule has 0 unspecified atom stereocenters. The number of rotatable bonds is 1. The second-order valence-corrected chi connectivity index (χ2v) is 3.69. The fourth-order valence-corrected chi connectivity index (χ4v) is 1.69. The van der Waals surface area contributed by atoms with Crippen LogP contribution in [0.2, 0.25) is 0 Å². The average Bonchev–Trinajstić information content (AvgIpc) is 2.41. The SMILES string of the molecule is O=c1ncnc2n(O)cc(-c3ccccc3)nc1-2. The summed E-state index contributed by atoms with van der Waals surface area (Å²) in [4.78, 5) is 23.1. The van der Waals surface area contributed by atoms with E-state index in [0.717, 1.165) is 16.6 Å². The summed E-state index contributed by atoms with van der Waals surface area (Å²) in [6.07, 6.45) is 2.51. The number of aromatic nitrogens is 4. The van der Waals surface area contributed by atoms with Crippen molar-refractivity contribution in [1.29, 1.82) is 0 Å². The molecule has 2 aliphatic heterocycles. The van der Waals surface area contributed by atoms with Gasteiger partial charge in [-0.1, -0.05) is 30.3 Å². The van der Waals surface area contributed by atoms with Crippen LogP contribution in [0.4, 0.5) is 0 Å². The van der Waals surface area contributed by atoms with Crippen LogP contribution in [0.3, 0.4) is 0 Å². The molecule has 0 saturated heterocycles. The van der Waals surface area contributed by atoms with Gasteiger partial charge in [0.1, 0.15) is 6.33 Å². The van der Waals surface area contributed by atoms with Crippen LogP contribution in [0.1, 0.15) is 0 Å². The van der Waals surface area contributed by atoms with Gasteiger partial charge in [0.05, 0.1) is 11.9 Å². The van der Waals surface area contributed by atoms with Gasteiger partial charge in [-0.25, -0.2) is 9.97 Å². The molecule has 0 radical (unpaired) electrons. The molecule has 0 bridgehead atoms. The standard InChI is InChI=1S/C12H8N4O2/c17-12-10-11(13-7-14-12)16(18)6-9(15-10)8-4-2-1-3-5-8/h1-7,18H. The van der Waals surface area contributed by atoms with Gasteiger partial charge in [-0.05, 0) is 0 Å². The van der Waals surface area contributed by atoms with E-state index in [-0.39, 0.29) is 11.5 Å². The minimum atomic E-state index is -0.513. The van der Waals surface area contributed by atoms with Gasteiger partial charge in [-0.15, -0.1) is 0 Å². The fraction of sp³-hybridized carbons (Fsp3) is 0. The maximum absolute atomic E-state index is 11.6. The van der Waals surface area contributed by atoms with Crippen LogP contribution >= 0.6 is 0 Å². The lowest BCUT2D eigenvalue weighted by Gasteiger charge is -2.09. The lowest BCUT2D eigenvalue weighted by Crippen LogP contribution is -2.17. The first-order valence-electron chi connectivity index (χ1n) is 5.25. The van der Waals surface area contributed by atoms with Gasteiger partial charge >= 0.3 is 5.56 Å². The highest BCUT2D eigenvalue weighted by molar-refractivity contribution is 5.62. The van der Waals surface area contributed by atoms with E-state index in [9.17, 15) is 10.0 Å². The van der Waals surface area contributed by atoms with E-state index in [0.29, 0.717) is 5.69 Å². The van der Waals surface area contributed by atoms with E-state index in [1.165, 1.54) is 6.20 Å². The smallest absolute Gasteiger partial charge is 0.301 e. The molecule has 0 fully saturated rings. The Morgan fingerprint density at radius 1 is 1.11 bits per heavy atom. The monoisotopic (exact) mass is 240 g/mol. The van der Waals surface area contributed by atoms with Gasteiger partial charge in [-0.2, -0.15) is 9.71 Å². The Morgan fingerprint density at radius 3 is 2.67 bits per heavy atom. The van der Waals surface area contributed by atoms with Crippen LogP contribution in [0.25, 0.3) is 22.8 Å². The lowest BCUT2D eigenvalue weighted by atomic mass is 10.1. The molecule has 1 aromatic carbocycles. The summed E-state index contributed by atoms with van der Waals surface area (Å²) in [5.74, 6) is 0.0923. The highest BCUT2D eigenvalue weighted by Gasteiger charge is 2.15. The zero-order chi connectivity index (χ0) is 12.5. The first kappa shape index (κ1) is 10.4. The third kappa shape index (κ3) is 1.60. The number of fused-ring (bicyclic) bond motifs is 1. The summed E-state index contributed by atoms with van der Waals surface area (Å²) in [5.41, 5.74) is 0.810. The van der Waals surface area contributed by atoms with Crippen molar-refractivity contribution in [3.8, 4) is 22.8 Å². The second-order valence-electron chi connectivity index (χ2n) is 3.69. The van der Waals surface area contributed by atoms with E-state index < -0.39 is 5.56 Å². The molecule has 0 aliphatic carbocycles. The number of hydrogen-bond acceptors (Lipinski definition) is 5. The van der Waals surface area contributed by atoms with Crippen molar-refractivity contribution in [2.75, 3.05) is 0 Å². The van der Waals surface area contributed by atoms with Gasteiger partial charge in [0.25, 0.3) is 0 Å². The lowest BCUT2D eigenvalue weighted by molar-refractivity contribution is 0.185. The zero-order valence-corrected chi connectivity index (χ0v) is 9.19. The van der Waals surface area contributed by atoms with Crippen molar-refractivity contribution in [1.82, 2.24) is 19.7 Å². The van der Waals surface area contributed by atoms with Gasteiger partial charge in [0.15, 0.2) is 5.69 Å². The van der Waals surface area contributed by atoms with Gasteiger partial charge < -0.3 is 5.21 Å². The van der Waals surface area contributed by atoms with Gasteiger partial charge in [0, 0.05) is 5.56 Å². The molecule has 3 rings (SSSR count). The minimum Gasteiger partial charge on any atom is -0.427 e. The van der Waals surface area contributed by atoms with Crippen LogP contribution < -0.4 is 5.56 Å². The summed E-state index contributed by atoms with van der Waals surface area (Å²) < 4.78 is 0.785. The Labute approximate surface area is 102 Å². The fourth-order valence-electron chi connectivity index (χ4n) is 1.69. The molecule has 0 saturated carbocycles. The largest absolute Gasteiger partial charge is 0.427 e. The predicted octanol–water partition coefficient (Wildman–Crippen LogP) is 1.04. The van der Waals surface area contributed by atoms with E-state index in [1.807, 2.05) is 30.3 Å². The Bertz CT molecular complexity index is 724. The van der Waals surface area contributed by atoms with Crippen molar-refractivity contribution in [3.05, 3.63) is 53.2 Å². The normalized spacial score (nSPS) is 10.7. The third-order valence-corrected chi connectivity index (χ3v) is 2.53. The number of hydrogen-bond donors (Lipinski definition) is 1. The van der Waals surface area contributed by atoms with Crippen molar-refractivity contribution < 1.29 is 5.21 Å². The molecule has 0 spiro atoms. The molecule has 2 aliphatic rings. The molecule has 2 heterocycles. The Balaban J connectivity index is 2.31. The molecule has 88 valence electrons. The first-order chi connectivity index (χ1) is 8.75. The highest BCUT2D eigenvalue weighted by atomic mass is 16.5. The van der Waals surface area contributed by atoms with Crippen LogP contribution in [-0.2, 0) is 0 Å². The average molecular weight is 240 g/mol. The van der Waals surface area contributed by atoms with Gasteiger partial charge in [0.2, 0.25) is 5.82 Å². The Hall–Kier alpha value is -2.76. The van der Waals surface area contributed by atoms with E-state index >= 15 is 0 Å². The van der Waals surface area contributed by atoms with Crippen molar-refractivity contribution in [2.24, 2.45) is 0 Å². The molecule has 0 amide bonds. The highest BCUT2D eigenvalue weighted by Crippen LogP contribution is 2.20. The van der Waals surface area contributed by atoms with Crippen LogP contribution in [-0.4, -0.2) is 24.9 Å². The van der Waals surface area contributed by atoms with Crippen molar-refractivity contribution in [3.63, 3.8) is 0 Å². The topological polar surface area (TPSA) is 80.9 Å². The first-order valence-corrected chi connectivity index (χ1v) is 5.25. The van der Waals surface area contributed by atoms with Crippen LogP contribution in [0, 0.1) is 0 Å². The quantitative estimate of drug-likeness (QED) is 0.643. The molecular weight excluding hydrogens is 232 g/mol. The molecular formula is C12H8N4O2. The van der Waals surface area contributed by atoms with Gasteiger partial charge in [-0.3, -0.25) is 4.79 Å². The van der Waals surface area contributed by atoms with Crippen LogP contribution in [0.15, 0.2) is 47.7 Å². The minimum absolute atomic E-state index is 0.0429. The summed E-state index contributed by atoms with van der Waals surface area (Å²) in [6.45, 7) is 0. The maximum atomic E-state index is 11.6. The third-order valence-electron chi connectivity index (χ3n) is 2.53.